The highest BCUT2D eigenvalue weighted by atomic mass is 16.1. The number of rotatable bonds is 2. The summed E-state index contributed by atoms with van der Waals surface area (Å²) in [6.45, 7) is 6.50. The summed E-state index contributed by atoms with van der Waals surface area (Å²) < 4.78 is 0. The molecule has 2 rings (SSSR count). The molecule has 0 saturated heterocycles. The Labute approximate surface area is 120 Å². The Kier molecular flexibility index (Phi) is 3.92. The van der Waals surface area contributed by atoms with E-state index >= 15 is 0 Å². The van der Waals surface area contributed by atoms with Gasteiger partial charge < -0.3 is 0 Å². The minimum atomic E-state index is -0.550. The van der Waals surface area contributed by atoms with Crippen molar-refractivity contribution in [1.82, 2.24) is 0 Å². The Morgan fingerprint density at radius 1 is 1.10 bits per heavy atom. The topological polar surface area (TPSA) is 46.5 Å². The summed E-state index contributed by atoms with van der Waals surface area (Å²) in [6.07, 6.45) is 3.90. The van der Waals surface area contributed by atoms with Crippen molar-refractivity contribution in [2.45, 2.75) is 57.4 Å². The van der Waals surface area contributed by atoms with Crippen LogP contribution in [0.4, 0.5) is 0 Å². The molecule has 1 fully saturated rings. The van der Waals surface area contributed by atoms with Gasteiger partial charge in [0, 0.05) is 12.8 Å². The maximum atomic E-state index is 11.4. The van der Waals surface area contributed by atoms with Crippen LogP contribution in [0, 0.1) is 0 Å². The van der Waals surface area contributed by atoms with Gasteiger partial charge in [0.2, 0.25) is 6.08 Å². The van der Waals surface area contributed by atoms with Crippen LogP contribution in [0.25, 0.3) is 0 Å². The molecule has 0 aliphatic heterocycles. The minimum absolute atomic E-state index is 0.0994. The van der Waals surface area contributed by atoms with E-state index in [1.807, 2.05) is 12.1 Å². The molecule has 0 aromatic heterocycles. The van der Waals surface area contributed by atoms with E-state index in [1.165, 1.54) is 5.56 Å². The van der Waals surface area contributed by atoms with Crippen LogP contribution in [-0.2, 0) is 20.5 Å². The van der Waals surface area contributed by atoms with Crippen LogP contribution in [0.5, 0.6) is 0 Å². The molecule has 20 heavy (non-hydrogen) atoms. The first-order valence-corrected chi connectivity index (χ1v) is 7.09. The van der Waals surface area contributed by atoms with Crippen LogP contribution >= 0.6 is 0 Å². The van der Waals surface area contributed by atoms with Gasteiger partial charge in [-0.05, 0) is 29.4 Å². The molecule has 1 aromatic carbocycles. The van der Waals surface area contributed by atoms with Crippen molar-refractivity contribution >= 4 is 11.9 Å². The van der Waals surface area contributed by atoms with Crippen molar-refractivity contribution < 1.29 is 9.59 Å². The van der Waals surface area contributed by atoms with Gasteiger partial charge in [0.25, 0.3) is 0 Å². The van der Waals surface area contributed by atoms with Crippen LogP contribution in [0.2, 0.25) is 0 Å². The van der Waals surface area contributed by atoms with Gasteiger partial charge in [0.1, 0.15) is 5.78 Å². The third-order valence-corrected chi connectivity index (χ3v) is 4.18. The molecule has 0 spiro atoms. The van der Waals surface area contributed by atoms with E-state index in [2.05, 4.69) is 37.9 Å². The summed E-state index contributed by atoms with van der Waals surface area (Å²) in [5.74, 6) is 0.257. The van der Waals surface area contributed by atoms with Gasteiger partial charge in [-0.15, -0.1) is 0 Å². The highest BCUT2D eigenvalue weighted by molar-refractivity contribution is 5.79. The molecule has 0 bridgehead atoms. The molecule has 0 radical (unpaired) electrons. The second kappa shape index (κ2) is 5.34. The molecule has 106 valence electrons. The van der Waals surface area contributed by atoms with E-state index < -0.39 is 5.54 Å². The van der Waals surface area contributed by atoms with E-state index in [0.717, 1.165) is 5.56 Å². The molecule has 0 amide bonds. The molecule has 3 heteroatoms. The van der Waals surface area contributed by atoms with Crippen molar-refractivity contribution in [3.05, 3.63) is 35.4 Å². The number of nitrogens with zero attached hydrogens (tertiary/aromatic N) is 1. The van der Waals surface area contributed by atoms with E-state index in [-0.39, 0.29) is 11.2 Å². The van der Waals surface area contributed by atoms with Gasteiger partial charge in [-0.2, -0.15) is 4.99 Å². The van der Waals surface area contributed by atoms with Crippen LogP contribution in [0.15, 0.2) is 29.3 Å². The highest BCUT2D eigenvalue weighted by Gasteiger charge is 2.36. The summed E-state index contributed by atoms with van der Waals surface area (Å²) in [5.41, 5.74) is 1.81. The Balaban J connectivity index is 2.36. The third-order valence-electron chi connectivity index (χ3n) is 4.18. The lowest BCUT2D eigenvalue weighted by molar-refractivity contribution is -0.121. The van der Waals surface area contributed by atoms with Gasteiger partial charge >= 0.3 is 0 Å². The van der Waals surface area contributed by atoms with Crippen molar-refractivity contribution in [2.75, 3.05) is 0 Å². The van der Waals surface area contributed by atoms with Gasteiger partial charge in [-0.3, -0.25) is 4.79 Å². The van der Waals surface area contributed by atoms with Crippen LogP contribution in [0.3, 0.4) is 0 Å². The van der Waals surface area contributed by atoms with Crippen molar-refractivity contribution in [1.29, 1.82) is 0 Å². The van der Waals surface area contributed by atoms with Crippen molar-refractivity contribution in [3.8, 4) is 0 Å². The molecule has 0 unspecified atom stereocenters. The average molecular weight is 271 g/mol. The fourth-order valence-electron chi connectivity index (χ4n) is 2.78. The van der Waals surface area contributed by atoms with Crippen LogP contribution in [0.1, 0.15) is 57.6 Å². The minimum Gasteiger partial charge on any atom is -0.300 e. The zero-order chi connectivity index (χ0) is 14.8. The molecular formula is C17H21NO2. The van der Waals surface area contributed by atoms with Crippen molar-refractivity contribution in [2.24, 2.45) is 4.99 Å². The van der Waals surface area contributed by atoms with Crippen molar-refractivity contribution in [3.63, 3.8) is 0 Å². The second-order valence-corrected chi connectivity index (χ2v) is 6.60. The Bertz CT molecular complexity index is 535. The molecule has 0 heterocycles. The molecule has 0 N–H and O–H groups in total. The second-order valence-electron chi connectivity index (χ2n) is 6.60. The first-order chi connectivity index (χ1) is 9.37. The molecule has 3 nitrogen and oxygen atoms in total. The average Bonchev–Trinajstić information content (AvgIpc) is 2.41. The molecule has 1 saturated carbocycles. The van der Waals surface area contributed by atoms with Gasteiger partial charge in [-0.1, -0.05) is 45.0 Å². The molecule has 1 aromatic rings. The lowest BCUT2D eigenvalue weighted by Crippen LogP contribution is -2.30. The number of carbonyl (C=O) groups excluding carboxylic acids is 2. The van der Waals surface area contributed by atoms with Crippen LogP contribution < -0.4 is 0 Å². The van der Waals surface area contributed by atoms with Crippen LogP contribution in [-0.4, -0.2) is 11.9 Å². The standard InChI is InChI=1S/C17H21NO2/c1-16(2,3)13-4-6-14(7-5-13)17(18-12-19)10-8-15(20)9-11-17/h4-7H,8-11H2,1-3H3. The Morgan fingerprint density at radius 2 is 1.65 bits per heavy atom. The maximum absolute atomic E-state index is 11.4. The predicted molar refractivity (Wildman–Crippen MR) is 78.4 cm³/mol. The number of hydrogen-bond donors (Lipinski definition) is 0. The van der Waals surface area contributed by atoms with Gasteiger partial charge in [0.05, 0.1) is 5.54 Å². The van der Waals surface area contributed by atoms with Gasteiger partial charge in [-0.25, -0.2) is 4.79 Å². The van der Waals surface area contributed by atoms with E-state index in [1.54, 1.807) is 6.08 Å². The monoisotopic (exact) mass is 271 g/mol. The highest BCUT2D eigenvalue weighted by Crippen LogP contribution is 2.39. The van der Waals surface area contributed by atoms with Gasteiger partial charge in [0.15, 0.2) is 0 Å². The smallest absolute Gasteiger partial charge is 0.235 e. The maximum Gasteiger partial charge on any atom is 0.235 e. The molecule has 1 aliphatic rings. The first-order valence-electron chi connectivity index (χ1n) is 7.09. The van der Waals surface area contributed by atoms with E-state index in [9.17, 15) is 9.59 Å². The molecular weight excluding hydrogens is 250 g/mol. The number of carbonyl (C=O) groups is 1. The SMILES string of the molecule is CC(C)(C)c1ccc(C2(N=C=O)CCC(=O)CC2)cc1. The predicted octanol–water partition coefficient (Wildman–Crippen LogP) is 3.66. The number of aliphatic imine (C=N–C) groups is 1. The summed E-state index contributed by atoms with van der Waals surface area (Å²) in [5, 5.41) is 0. The lowest BCUT2D eigenvalue weighted by atomic mass is 9.75. The Morgan fingerprint density at radius 3 is 2.10 bits per heavy atom. The van der Waals surface area contributed by atoms with E-state index in [0.29, 0.717) is 25.7 Å². The Hall–Kier alpha value is -1.73. The first kappa shape index (κ1) is 14.7. The quantitative estimate of drug-likeness (QED) is 0.608. The zero-order valence-electron chi connectivity index (χ0n) is 12.4. The number of benzene rings is 1. The lowest BCUT2D eigenvalue weighted by Gasteiger charge is -2.32. The zero-order valence-corrected chi connectivity index (χ0v) is 12.4. The number of ketones is 1. The fourth-order valence-corrected chi connectivity index (χ4v) is 2.78. The normalized spacial score (nSPS) is 18.4. The summed E-state index contributed by atoms with van der Waals surface area (Å²) in [4.78, 5) is 26.3. The molecule has 1 aliphatic carbocycles. The summed E-state index contributed by atoms with van der Waals surface area (Å²) in [6, 6.07) is 8.26. The number of hydrogen-bond acceptors (Lipinski definition) is 3. The molecule has 0 atom stereocenters. The van der Waals surface area contributed by atoms with E-state index in [4.69, 9.17) is 0 Å². The third kappa shape index (κ3) is 2.88. The summed E-state index contributed by atoms with van der Waals surface area (Å²) >= 11 is 0. The summed E-state index contributed by atoms with van der Waals surface area (Å²) in [7, 11) is 0. The number of Topliss-reactive ketones (excluding diaryl/α,β-unsaturated/α-hetero) is 1. The number of isocyanates is 1. The fraction of sp³-hybridized carbons (Fsp3) is 0.529. The largest absolute Gasteiger partial charge is 0.300 e.